The third-order valence-corrected chi connectivity index (χ3v) is 5.50. The minimum atomic E-state index is 0.586. The highest BCUT2D eigenvalue weighted by Gasteiger charge is 2.19. The molecule has 0 bridgehead atoms. The van der Waals surface area contributed by atoms with Gasteiger partial charge in [0.05, 0.1) is 15.7 Å². The van der Waals surface area contributed by atoms with Crippen molar-refractivity contribution in [2.75, 3.05) is 6.54 Å². The lowest BCUT2D eigenvalue weighted by molar-refractivity contribution is 0.243. The predicted molar refractivity (Wildman–Crippen MR) is 107 cm³/mol. The second kappa shape index (κ2) is 7.53. The van der Waals surface area contributed by atoms with Crippen molar-refractivity contribution in [2.24, 2.45) is 0 Å². The minimum absolute atomic E-state index is 0.586. The van der Waals surface area contributed by atoms with Crippen LogP contribution in [0, 0.1) is 0 Å². The van der Waals surface area contributed by atoms with Crippen molar-refractivity contribution in [2.45, 2.75) is 19.5 Å². The quantitative estimate of drug-likeness (QED) is 0.564. The third kappa shape index (κ3) is 3.86. The van der Waals surface area contributed by atoms with Crippen molar-refractivity contribution in [3.8, 4) is 11.4 Å². The Balaban J connectivity index is 1.50. The lowest BCUT2D eigenvalue weighted by atomic mass is 10.1. The molecule has 0 amide bonds. The highest BCUT2D eigenvalue weighted by molar-refractivity contribution is 6.42. The number of hydrogen-bond donors (Lipinski definition) is 0. The summed E-state index contributed by atoms with van der Waals surface area (Å²) in [5, 5.41) is 1.89. The van der Waals surface area contributed by atoms with Crippen LogP contribution in [0.25, 0.3) is 11.4 Å². The van der Waals surface area contributed by atoms with E-state index in [0.717, 1.165) is 48.7 Å². The Labute approximate surface area is 167 Å². The molecule has 3 nitrogen and oxygen atoms in total. The standard InChI is InChI=1S/C20H16Cl3N3/c21-16-4-2-14(3-5-16)20-24-10-15-12-26(8-7-19(15)25-20)11-13-1-6-17(22)18(23)9-13/h1-6,9-10H,7-8,11-12H2. The van der Waals surface area contributed by atoms with Crippen LogP contribution >= 0.6 is 34.8 Å². The van der Waals surface area contributed by atoms with E-state index in [0.29, 0.717) is 15.1 Å². The predicted octanol–water partition coefficient (Wildman–Crippen LogP) is 5.66. The smallest absolute Gasteiger partial charge is 0.159 e. The Bertz CT molecular complexity index is 942. The summed E-state index contributed by atoms with van der Waals surface area (Å²) in [5.41, 5.74) is 4.43. The normalized spacial score (nSPS) is 14.3. The van der Waals surface area contributed by atoms with E-state index in [4.69, 9.17) is 39.8 Å². The number of aromatic nitrogens is 2. The molecule has 0 radical (unpaired) electrons. The zero-order valence-corrected chi connectivity index (χ0v) is 16.2. The van der Waals surface area contributed by atoms with Gasteiger partial charge in [-0.05, 0) is 42.0 Å². The summed E-state index contributed by atoms with van der Waals surface area (Å²) in [5.74, 6) is 0.748. The van der Waals surface area contributed by atoms with E-state index in [1.807, 2.05) is 48.7 Å². The lowest BCUT2D eigenvalue weighted by Gasteiger charge is -2.28. The highest BCUT2D eigenvalue weighted by atomic mass is 35.5. The number of nitrogens with zero attached hydrogens (tertiary/aromatic N) is 3. The molecule has 1 aromatic heterocycles. The zero-order valence-electron chi connectivity index (χ0n) is 13.9. The maximum absolute atomic E-state index is 6.12. The number of rotatable bonds is 3. The van der Waals surface area contributed by atoms with Gasteiger partial charge in [0.25, 0.3) is 0 Å². The topological polar surface area (TPSA) is 29.0 Å². The Morgan fingerprint density at radius 1 is 0.962 bits per heavy atom. The summed E-state index contributed by atoms with van der Waals surface area (Å²) < 4.78 is 0. The van der Waals surface area contributed by atoms with Gasteiger partial charge in [0.1, 0.15) is 0 Å². The number of halogens is 3. The maximum Gasteiger partial charge on any atom is 0.159 e. The molecule has 2 aromatic carbocycles. The molecule has 0 atom stereocenters. The summed E-state index contributed by atoms with van der Waals surface area (Å²) in [7, 11) is 0. The minimum Gasteiger partial charge on any atom is -0.294 e. The number of hydrogen-bond acceptors (Lipinski definition) is 3. The van der Waals surface area contributed by atoms with Gasteiger partial charge in [0.2, 0.25) is 0 Å². The maximum atomic E-state index is 6.12. The van der Waals surface area contributed by atoms with Gasteiger partial charge in [-0.3, -0.25) is 4.90 Å². The molecule has 2 heterocycles. The summed E-state index contributed by atoms with van der Waals surface area (Å²) in [6.07, 6.45) is 2.84. The van der Waals surface area contributed by atoms with Crippen molar-refractivity contribution in [3.63, 3.8) is 0 Å². The van der Waals surface area contributed by atoms with Crippen LogP contribution in [0.2, 0.25) is 15.1 Å². The van der Waals surface area contributed by atoms with Crippen LogP contribution < -0.4 is 0 Å². The molecule has 0 saturated carbocycles. The molecule has 0 spiro atoms. The van der Waals surface area contributed by atoms with Gasteiger partial charge in [0, 0.05) is 48.4 Å². The van der Waals surface area contributed by atoms with Crippen LogP contribution in [0.3, 0.4) is 0 Å². The average Bonchev–Trinajstić information content (AvgIpc) is 2.65. The fourth-order valence-electron chi connectivity index (χ4n) is 3.14. The van der Waals surface area contributed by atoms with Crippen LogP contribution in [0.1, 0.15) is 16.8 Å². The molecule has 26 heavy (non-hydrogen) atoms. The van der Waals surface area contributed by atoms with Gasteiger partial charge in [-0.2, -0.15) is 0 Å². The average molecular weight is 405 g/mol. The first-order valence-electron chi connectivity index (χ1n) is 8.35. The number of fused-ring (bicyclic) bond motifs is 1. The van der Waals surface area contributed by atoms with Gasteiger partial charge in [-0.15, -0.1) is 0 Å². The van der Waals surface area contributed by atoms with Crippen LogP contribution in [0.15, 0.2) is 48.7 Å². The van der Waals surface area contributed by atoms with Crippen LogP contribution in [0.4, 0.5) is 0 Å². The fourth-order valence-corrected chi connectivity index (χ4v) is 3.59. The van der Waals surface area contributed by atoms with Crippen LogP contribution in [-0.2, 0) is 19.5 Å². The second-order valence-corrected chi connectivity index (χ2v) is 7.63. The van der Waals surface area contributed by atoms with E-state index in [9.17, 15) is 0 Å². The molecule has 6 heteroatoms. The van der Waals surface area contributed by atoms with E-state index in [1.165, 1.54) is 5.56 Å². The first-order valence-corrected chi connectivity index (χ1v) is 9.49. The lowest BCUT2D eigenvalue weighted by Crippen LogP contribution is -2.31. The van der Waals surface area contributed by atoms with E-state index in [1.54, 1.807) is 0 Å². The summed E-state index contributed by atoms with van der Waals surface area (Å²) >= 11 is 18.1. The van der Waals surface area contributed by atoms with Gasteiger partial charge in [-0.25, -0.2) is 9.97 Å². The van der Waals surface area contributed by atoms with Crippen molar-refractivity contribution in [1.82, 2.24) is 14.9 Å². The Hall–Kier alpha value is -1.65. The van der Waals surface area contributed by atoms with Gasteiger partial charge >= 0.3 is 0 Å². The van der Waals surface area contributed by atoms with Crippen molar-refractivity contribution in [3.05, 3.63) is 80.6 Å². The molecule has 1 aliphatic heterocycles. The molecule has 1 aliphatic rings. The first-order chi connectivity index (χ1) is 12.6. The fraction of sp³-hybridized carbons (Fsp3) is 0.200. The summed E-state index contributed by atoms with van der Waals surface area (Å²) in [4.78, 5) is 11.7. The molecular formula is C20H16Cl3N3. The Morgan fingerprint density at radius 3 is 2.54 bits per heavy atom. The van der Waals surface area contributed by atoms with Crippen molar-refractivity contribution in [1.29, 1.82) is 0 Å². The van der Waals surface area contributed by atoms with Crippen molar-refractivity contribution < 1.29 is 0 Å². The monoisotopic (exact) mass is 403 g/mol. The Kier molecular flexibility index (Phi) is 5.14. The Morgan fingerprint density at radius 2 is 1.77 bits per heavy atom. The summed E-state index contributed by atoms with van der Waals surface area (Å²) in [6, 6.07) is 13.4. The number of benzene rings is 2. The zero-order chi connectivity index (χ0) is 18.1. The molecule has 3 aromatic rings. The molecule has 0 unspecified atom stereocenters. The van der Waals surface area contributed by atoms with E-state index in [-0.39, 0.29) is 0 Å². The third-order valence-electron chi connectivity index (χ3n) is 4.51. The molecule has 0 saturated heterocycles. The summed E-state index contributed by atoms with van der Waals surface area (Å²) in [6.45, 7) is 2.61. The molecule has 0 N–H and O–H groups in total. The van der Waals surface area contributed by atoms with E-state index >= 15 is 0 Å². The molecule has 132 valence electrons. The van der Waals surface area contributed by atoms with Gasteiger partial charge in [-0.1, -0.05) is 40.9 Å². The van der Waals surface area contributed by atoms with Crippen LogP contribution in [0.5, 0.6) is 0 Å². The van der Waals surface area contributed by atoms with E-state index in [2.05, 4.69) is 9.88 Å². The molecule has 4 rings (SSSR count). The molecular weight excluding hydrogens is 389 g/mol. The largest absolute Gasteiger partial charge is 0.294 e. The van der Waals surface area contributed by atoms with Crippen molar-refractivity contribution >= 4 is 34.8 Å². The van der Waals surface area contributed by atoms with Gasteiger partial charge < -0.3 is 0 Å². The van der Waals surface area contributed by atoms with E-state index < -0.39 is 0 Å². The first kappa shape index (κ1) is 17.7. The second-order valence-electron chi connectivity index (χ2n) is 6.38. The SMILES string of the molecule is Clc1ccc(-c2ncc3c(n2)CCN(Cc2ccc(Cl)c(Cl)c2)C3)cc1. The van der Waals surface area contributed by atoms with Gasteiger partial charge in [0.15, 0.2) is 5.82 Å². The highest BCUT2D eigenvalue weighted by Crippen LogP contribution is 2.26. The molecule has 0 aliphatic carbocycles. The van der Waals surface area contributed by atoms with Crippen LogP contribution in [-0.4, -0.2) is 21.4 Å². The molecule has 0 fully saturated rings.